The zero-order valence-electron chi connectivity index (χ0n) is 24.4. The molecule has 0 N–H and O–H groups in total. The number of rotatable bonds is 16. The number of anilines is 1. The Hall–Kier alpha value is -2.82. The fourth-order valence-corrected chi connectivity index (χ4v) is 6.46. The molecular weight excluding hydrogens is 484 g/mol. The van der Waals surface area contributed by atoms with E-state index in [0.717, 1.165) is 18.5 Å². The van der Waals surface area contributed by atoms with Crippen LogP contribution in [0.25, 0.3) is 6.08 Å². The maximum atomic E-state index is 11.3. The molecule has 0 radical (unpaired) electrons. The molecule has 1 atom stereocenters. The van der Waals surface area contributed by atoms with Gasteiger partial charge in [0.1, 0.15) is 5.75 Å². The minimum atomic E-state index is -0.656. The fourth-order valence-electron chi connectivity index (χ4n) is 6.46. The van der Waals surface area contributed by atoms with E-state index in [2.05, 4.69) is 56.0 Å². The SMILES string of the molecule is CCCCCCCCCCCCCCCCN1c2ccccc2C(C)(C)[C@]12C=Cc1cc([N+](=O)[O-])ccc1O2. The van der Waals surface area contributed by atoms with Gasteiger partial charge in [0, 0.05) is 29.9 Å². The molecule has 2 aromatic carbocycles. The van der Waals surface area contributed by atoms with Gasteiger partial charge < -0.3 is 9.64 Å². The Morgan fingerprint density at radius 1 is 0.821 bits per heavy atom. The summed E-state index contributed by atoms with van der Waals surface area (Å²) in [5.41, 5.74) is 2.42. The Morgan fingerprint density at radius 2 is 1.41 bits per heavy atom. The summed E-state index contributed by atoms with van der Waals surface area (Å²) in [4.78, 5) is 13.4. The summed E-state index contributed by atoms with van der Waals surface area (Å²) < 4.78 is 6.81. The summed E-state index contributed by atoms with van der Waals surface area (Å²) in [6, 6.07) is 13.5. The number of nitro groups is 1. The van der Waals surface area contributed by atoms with E-state index < -0.39 is 5.72 Å². The molecule has 5 nitrogen and oxygen atoms in total. The summed E-state index contributed by atoms with van der Waals surface area (Å²) in [6.07, 6.45) is 23.0. The van der Waals surface area contributed by atoms with Crippen LogP contribution in [0.5, 0.6) is 5.75 Å². The Bertz CT molecular complexity index is 1130. The highest BCUT2D eigenvalue weighted by atomic mass is 16.6. The van der Waals surface area contributed by atoms with Crippen LogP contribution >= 0.6 is 0 Å². The van der Waals surface area contributed by atoms with Crippen molar-refractivity contribution in [2.75, 3.05) is 11.4 Å². The van der Waals surface area contributed by atoms with Gasteiger partial charge in [-0.2, -0.15) is 0 Å². The molecule has 1 spiro atoms. The average molecular weight is 533 g/mol. The van der Waals surface area contributed by atoms with Crippen molar-refractivity contribution in [1.29, 1.82) is 0 Å². The van der Waals surface area contributed by atoms with Crippen LogP contribution < -0.4 is 9.64 Å². The molecule has 39 heavy (non-hydrogen) atoms. The number of fused-ring (bicyclic) bond motifs is 2. The molecule has 4 rings (SSSR count). The predicted octanol–water partition coefficient (Wildman–Crippen LogP) is 9.98. The Balaban J connectivity index is 1.29. The molecule has 5 heteroatoms. The van der Waals surface area contributed by atoms with Crippen LogP contribution in [0, 0.1) is 10.1 Å². The van der Waals surface area contributed by atoms with E-state index in [1.807, 2.05) is 6.08 Å². The second kappa shape index (κ2) is 13.5. The molecule has 2 aromatic rings. The molecular formula is C34H48N2O3. The molecule has 2 aliphatic heterocycles. The van der Waals surface area contributed by atoms with Crippen LogP contribution in [0.1, 0.15) is 122 Å². The molecule has 0 unspecified atom stereocenters. The fraction of sp³-hybridized carbons (Fsp3) is 0.588. The lowest BCUT2D eigenvalue weighted by atomic mass is 9.76. The van der Waals surface area contributed by atoms with Crippen molar-refractivity contribution in [3.63, 3.8) is 0 Å². The van der Waals surface area contributed by atoms with Gasteiger partial charge in [-0.05, 0) is 50.1 Å². The maximum absolute atomic E-state index is 11.3. The molecule has 0 fully saturated rings. The second-order valence-electron chi connectivity index (χ2n) is 12.0. The van der Waals surface area contributed by atoms with Crippen molar-refractivity contribution < 1.29 is 9.66 Å². The van der Waals surface area contributed by atoms with E-state index >= 15 is 0 Å². The third-order valence-electron chi connectivity index (χ3n) is 8.86. The van der Waals surface area contributed by atoms with Crippen LogP contribution in [0.2, 0.25) is 0 Å². The van der Waals surface area contributed by atoms with E-state index in [9.17, 15) is 10.1 Å². The van der Waals surface area contributed by atoms with Crippen molar-refractivity contribution in [2.24, 2.45) is 0 Å². The lowest BCUT2D eigenvalue weighted by Crippen LogP contribution is -2.59. The van der Waals surface area contributed by atoms with E-state index in [1.165, 1.54) is 94.7 Å². The van der Waals surface area contributed by atoms with Gasteiger partial charge in [-0.15, -0.1) is 0 Å². The number of hydrogen-bond donors (Lipinski definition) is 0. The average Bonchev–Trinajstić information content (AvgIpc) is 3.11. The summed E-state index contributed by atoms with van der Waals surface area (Å²) in [7, 11) is 0. The van der Waals surface area contributed by atoms with Gasteiger partial charge in [-0.1, -0.05) is 109 Å². The van der Waals surface area contributed by atoms with Crippen LogP contribution in [0.15, 0.2) is 48.5 Å². The number of benzene rings is 2. The lowest BCUT2D eigenvalue weighted by molar-refractivity contribution is -0.384. The minimum absolute atomic E-state index is 0.0891. The maximum Gasteiger partial charge on any atom is 0.270 e. The van der Waals surface area contributed by atoms with Crippen LogP contribution in [-0.2, 0) is 5.41 Å². The quantitative estimate of drug-likeness (QED) is 0.123. The third-order valence-corrected chi connectivity index (χ3v) is 8.86. The number of non-ortho nitro benzene ring substituents is 1. The smallest absolute Gasteiger partial charge is 0.270 e. The van der Waals surface area contributed by atoms with Gasteiger partial charge in [-0.3, -0.25) is 10.1 Å². The van der Waals surface area contributed by atoms with Crippen LogP contribution in [0.3, 0.4) is 0 Å². The summed E-state index contributed by atoms with van der Waals surface area (Å²) >= 11 is 0. The van der Waals surface area contributed by atoms with Crippen molar-refractivity contribution in [2.45, 2.75) is 122 Å². The first-order chi connectivity index (χ1) is 18.9. The van der Waals surface area contributed by atoms with Crippen molar-refractivity contribution in [1.82, 2.24) is 0 Å². The molecule has 0 amide bonds. The zero-order chi connectivity index (χ0) is 27.7. The largest absolute Gasteiger partial charge is 0.463 e. The number of para-hydroxylation sites is 1. The second-order valence-corrected chi connectivity index (χ2v) is 12.0. The number of nitro benzene ring substituents is 1. The number of hydrogen-bond acceptors (Lipinski definition) is 4. The highest BCUT2D eigenvalue weighted by Gasteiger charge is 2.58. The molecule has 2 heterocycles. The molecule has 0 saturated heterocycles. The summed E-state index contributed by atoms with van der Waals surface area (Å²) in [5.74, 6) is 0.704. The van der Waals surface area contributed by atoms with Gasteiger partial charge in [0.15, 0.2) is 0 Å². The molecule has 0 bridgehead atoms. The van der Waals surface area contributed by atoms with E-state index in [1.54, 1.807) is 18.2 Å². The topological polar surface area (TPSA) is 55.6 Å². The monoisotopic (exact) mass is 532 g/mol. The van der Waals surface area contributed by atoms with Gasteiger partial charge in [0.05, 0.1) is 10.3 Å². The number of ether oxygens (including phenoxy) is 1. The first-order valence-electron chi connectivity index (χ1n) is 15.4. The molecule has 0 saturated carbocycles. The molecule has 0 aliphatic carbocycles. The molecule has 2 aliphatic rings. The van der Waals surface area contributed by atoms with E-state index in [4.69, 9.17) is 4.74 Å². The minimum Gasteiger partial charge on any atom is -0.463 e. The molecule has 0 aromatic heterocycles. The zero-order valence-corrected chi connectivity index (χ0v) is 24.4. The summed E-state index contributed by atoms with van der Waals surface area (Å²) in [5, 5.41) is 11.3. The highest BCUT2D eigenvalue weighted by molar-refractivity contribution is 5.73. The normalized spacial score (nSPS) is 18.7. The first kappa shape index (κ1) is 29.2. The lowest BCUT2D eigenvalue weighted by Gasteiger charge is -2.47. The van der Waals surface area contributed by atoms with Gasteiger partial charge in [0.2, 0.25) is 5.72 Å². The molecule has 212 valence electrons. The van der Waals surface area contributed by atoms with E-state index in [-0.39, 0.29) is 16.0 Å². The van der Waals surface area contributed by atoms with Gasteiger partial charge in [0.25, 0.3) is 5.69 Å². The van der Waals surface area contributed by atoms with Gasteiger partial charge >= 0.3 is 0 Å². The van der Waals surface area contributed by atoms with Crippen LogP contribution in [-0.4, -0.2) is 17.2 Å². The number of unbranched alkanes of at least 4 members (excludes halogenated alkanes) is 13. The third kappa shape index (κ3) is 6.50. The highest BCUT2D eigenvalue weighted by Crippen LogP contribution is 2.55. The Kier molecular flexibility index (Phi) is 10.1. The van der Waals surface area contributed by atoms with Crippen molar-refractivity contribution >= 4 is 17.5 Å². The van der Waals surface area contributed by atoms with Crippen LogP contribution in [0.4, 0.5) is 11.4 Å². The van der Waals surface area contributed by atoms with Crippen molar-refractivity contribution in [3.05, 3.63) is 69.8 Å². The van der Waals surface area contributed by atoms with E-state index in [0.29, 0.717) is 5.75 Å². The first-order valence-corrected chi connectivity index (χ1v) is 15.4. The number of nitrogens with zero attached hydrogens (tertiary/aromatic N) is 2. The summed E-state index contributed by atoms with van der Waals surface area (Å²) in [6.45, 7) is 7.70. The standard InChI is InChI=1S/C34H48N2O3/c1-4-5-6-7-8-9-10-11-12-13-14-15-16-19-26-35-31-21-18-17-20-30(31)33(2,3)34(35)25-24-28-27-29(36(37)38)22-23-32(28)39-34/h17-18,20-25,27H,4-16,19,26H2,1-3H3/t34-/m1/s1. The van der Waals surface area contributed by atoms with Crippen molar-refractivity contribution in [3.8, 4) is 5.75 Å². The predicted molar refractivity (Wildman–Crippen MR) is 163 cm³/mol. The Labute approximate surface area is 235 Å². The van der Waals surface area contributed by atoms with Gasteiger partial charge in [-0.25, -0.2) is 0 Å². The Morgan fingerprint density at radius 3 is 2.03 bits per heavy atom.